The average Bonchev–Trinajstić information content (AvgIpc) is 3.34. The number of hydrogen-bond acceptors (Lipinski definition) is 4. The Morgan fingerprint density at radius 1 is 1.14 bits per heavy atom. The Morgan fingerprint density at radius 2 is 1.89 bits per heavy atom. The van der Waals surface area contributed by atoms with E-state index in [9.17, 15) is 14.4 Å². The molecule has 0 saturated carbocycles. The van der Waals surface area contributed by atoms with Crippen molar-refractivity contribution in [2.45, 2.75) is 51.8 Å². The van der Waals surface area contributed by atoms with Crippen molar-refractivity contribution in [1.82, 2.24) is 15.2 Å². The summed E-state index contributed by atoms with van der Waals surface area (Å²) in [4.78, 5) is 46.4. The Morgan fingerprint density at radius 3 is 2.69 bits per heavy atom. The first kappa shape index (κ1) is 23.1. The topological polar surface area (TPSA) is 94.7 Å². The predicted molar refractivity (Wildman–Crippen MR) is 133 cm³/mol. The highest BCUT2D eigenvalue weighted by Gasteiger charge is 2.52. The Labute approximate surface area is 204 Å². The lowest BCUT2D eigenvalue weighted by Gasteiger charge is -2.33. The minimum absolute atomic E-state index is 0.138. The number of anilines is 1. The molecule has 5 rings (SSSR count). The van der Waals surface area contributed by atoms with Gasteiger partial charge in [0.2, 0.25) is 0 Å². The molecule has 8 heteroatoms. The fraction of sp³-hybridized carbons (Fsp3) is 0.370. The van der Waals surface area contributed by atoms with Crippen molar-refractivity contribution in [3.8, 4) is 0 Å². The number of imide groups is 1. The van der Waals surface area contributed by atoms with E-state index < -0.39 is 12.1 Å². The Bertz CT molecular complexity index is 1300. The maximum atomic E-state index is 13.6. The lowest BCUT2D eigenvalue weighted by atomic mass is 9.93. The molecule has 1 aromatic heterocycles. The number of H-pyrrole nitrogens is 1. The average molecular weight is 475 g/mol. The van der Waals surface area contributed by atoms with Crippen LogP contribution in [0.2, 0.25) is 0 Å². The number of hydrogen-bond donors (Lipinski definition) is 2. The molecule has 4 amide bonds. The number of rotatable bonds is 7. The van der Waals surface area contributed by atoms with Crippen LogP contribution in [0.4, 0.5) is 10.5 Å². The molecule has 0 radical (unpaired) electrons. The molecule has 2 aliphatic rings. The number of amides is 4. The number of para-hydroxylation sites is 2. The van der Waals surface area contributed by atoms with E-state index in [0.29, 0.717) is 37.2 Å². The van der Waals surface area contributed by atoms with Gasteiger partial charge >= 0.3 is 6.03 Å². The van der Waals surface area contributed by atoms with Gasteiger partial charge < -0.3 is 19.9 Å². The molecule has 0 bridgehead atoms. The quantitative estimate of drug-likeness (QED) is 0.397. The van der Waals surface area contributed by atoms with Crippen molar-refractivity contribution in [2.24, 2.45) is 0 Å². The van der Waals surface area contributed by atoms with E-state index in [2.05, 4.69) is 10.3 Å². The first-order chi connectivity index (χ1) is 16.9. The number of aromatic nitrogens is 1. The summed E-state index contributed by atoms with van der Waals surface area (Å²) in [6, 6.07) is 13.5. The van der Waals surface area contributed by atoms with Gasteiger partial charge in [-0.05, 0) is 51.0 Å². The number of nitrogens with zero attached hydrogens (tertiary/aromatic N) is 2. The summed E-state index contributed by atoms with van der Waals surface area (Å²) in [5.41, 5.74) is 3.65. The number of ether oxygens (including phenoxy) is 1. The number of carbonyl (C=O) groups excluding carboxylic acids is 3. The molecule has 1 saturated heterocycles. The molecule has 2 aliphatic heterocycles. The van der Waals surface area contributed by atoms with Gasteiger partial charge in [-0.15, -0.1) is 0 Å². The van der Waals surface area contributed by atoms with Gasteiger partial charge in [0.05, 0.1) is 23.4 Å². The fourth-order valence-electron chi connectivity index (χ4n) is 5.13. The molecule has 8 nitrogen and oxygen atoms in total. The maximum absolute atomic E-state index is 13.6. The highest BCUT2D eigenvalue weighted by atomic mass is 16.5. The number of benzene rings is 2. The first-order valence-electron chi connectivity index (χ1n) is 12.1. The molecular formula is C27H30N4O4. The van der Waals surface area contributed by atoms with Crippen molar-refractivity contribution in [3.05, 3.63) is 65.4 Å². The minimum atomic E-state index is -0.603. The maximum Gasteiger partial charge on any atom is 0.332 e. The van der Waals surface area contributed by atoms with Crippen LogP contribution in [0.15, 0.2) is 48.5 Å². The molecule has 2 aromatic carbocycles. The second-order valence-corrected chi connectivity index (χ2v) is 9.37. The number of fused-ring (bicyclic) bond motifs is 4. The van der Waals surface area contributed by atoms with Gasteiger partial charge in [-0.2, -0.15) is 0 Å². The van der Waals surface area contributed by atoms with Gasteiger partial charge in [-0.25, -0.2) is 9.69 Å². The molecule has 0 spiro atoms. The van der Waals surface area contributed by atoms with Crippen LogP contribution >= 0.6 is 0 Å². The highest BCUT2D eigenvalue weighted by molar-refractivity contribution is 6.24. The van der Waals surface area contributed by atoms with E-state index in [1.165, 1.54) is 4.90 Å². The second kappa shape index (κ2) is 9.19. The zero-order valence-corrected chi connectivity index (χ0v) is 20.2. The fourth-order valence-corrected chi connectivity index (χ4v) is 5.13. The zero-order chi connectivity index (χ0) is 24.7. The van der Waals surface area contributed by atoms with Crippen LogP contribution in [-0.4, -0.2) is 53.0 Å². The van der Waals surface area contributed by atoms with E-state index in [4.69, 9.17) is 4.74 Å². The molecule has 35 heavy (non-hydrogen) atoms. The molecule has 2 N–H and O–H groups in total. The summed E-state index contributed by atoms with van der Waals surface area (Å²) in [6.07, 6.45) is 1.25. The Kier molecular flexibility index (Phi) is 6.06. The summed E-state index contributed by atoms with van der Waals surface area (Å²) in [6.45, 7) is 6.85. The Hall–Kier alpha value is -3.65. The van der Waals surface area contributed by atoms with E-state index in [-0.39, 0.29) is 24.0 Å². The van der Waals surface area contributed by atoms with Crippen molar-refractivity contribution < 1.29 is 19.1 Å². The number of aromatic amines is 1. The van der Waals surface area contributed by atoms with Gasteiger partial charge in [-0.3, -0.25) is 9.59 Å². The van der Waals surface area contributed by atoms with Crippen LogP contribution in [0, 0.1) is 0 Å². The molecule has 3 heterocycles. The summed E-state index contributed by atoms with van der Waals surface area (Å²) < 4.78 is 5.52. The molecule has 182 valence electrons. The van der Waals surface area contributed by atoms with Crippen molar-refractivity contribution in [1.29, 1.82) is 0 Å². The van der Waals surface area contributed by atoms with Crippen LogP contribution < -0.4 is 10.2 Å². The number of carbonyl (C=O) groups is 3. The molecular weight excluding hydrogens is 444 g/mol. The zero-order valence-electron chi connectivity index (χ0n) is 20.2. The van der Waals surface area contributed by atoms with Crippen LogP contribution in [0.5, 0.6) is 0 Å². The van der Waals surface area contributed by atoms with E-state index in [1.54, 1.807) is 29.2 Å². The predicted octanol–water partition coefficient (Wildman–Crippen LogP) is 4.17. The van der Waals surface area contributed by atoms with Crippen LogP contribution in [0.1, 0.15) is 54.8 Å². The second-order valence-electron chi connectivity index (χ2n) is 9.37. The standard InChI is InChI=1S/C27H30N4O4/c1-16(2)35-14-8-13-28-25(32)19-10-5-7-12-22(19)31-26(33)23-15-20-18-9-4-6-11-21(18)29-24(20)17(3)30(23)27(31)34/h4-7,9-12,16-17,23,29H,8,13-15H2,1-3H3,(H,28,32)/t17-,23-/m0/s1. The molecule has 0 unspecified atom stereocenters. The summed E-state index contributed by atoms with van der Waals surface area (Å²) >= 11 is 0. The van der Waals surface area contributed by atoms with Crippen molar-refractivity contribution in [3.63, 3.8) is 0 Å². The van der Waals surface area contributed by atoms with Crippen LogP contribution in [0.25, 0.3) is 10.9 Å². The van der Waals surface area contributed by atoms with E-state index in [0.717, 1.165) is 22.2 Å². The lowest BCUT2D eigenvalue weighted by Crippen LogP contribution is -2.42. The minimum Gasteiger partial charge on any atom is -0.379 e. The van der Waals surface area contributed by atoms with Crippen LogP contribution in [-0.2, 0) is 16.0 Å². The monoisotopic (exact) mass is 474 g/mol. The largest absolute Gasteiger partial charge is 0.379 e. The van der Waals surface area contributed by atoms with Crippen LogP contribution in [0.3, 0.4) is 0 Å². The highest BCUT2D eigenvalue weighted by Crippen LogP contribution is 2.42. The molecule has 0 aliphatic carbocycles. The number of urea groups is 1. The van der Waals surface area contributed by atoms with Crippen molar-refractivity contribution >= 4 is 34.4 Å². The summed E-state index contributed by atoms with van der Waals surface area (Å²) in [5, 5.41) is 3.96. The smallest absolute Gasteiger partial charge is 0.332 e. The molecule has 3 aromatic rings. The Balaban J connectivity index is 1.39. The summed E-state index contributed by atoms with van der Waals surface area (Å²) in [7, 11) is 0. The van der Waals surface area contributed by atoms with Gasteiger partial charge in [0.15, 0.2) is 0 Å². The summed E-state index contributed by atoms with van der Waals surface area (Å²) in [5.74, 6) is -0.622. The third-order valence-electron chi connectivity index (χ3n) is 6.78. The first-order valence-corrected chi connectivity index (χ1v) is 12.1. The van der Waals surface area contributed by atoms with E-state index in [1.807, 2.05) is 45.0 Å². The van der Waals surface area contributed by atoms with E-state index >= 15 is 0 Å². The normalized spacial score (nSPS) is 19.4. The SMILES string of the molecule is CC(C)OCCCNC(=O)c1ccccc1N1C(=O)[C@@H]2Cc3c([nH]c4ccccc34)[C@H](C)N2C1=O. The number of nitrogens with one attached hydrogen (secondary N) is 2. The lowest BCUT2D eigenvalue weighted by molar-refractivity contribution is -0.120. The van der Waals surface area contributed by atoms with Gasteiger partial charge in [0.1, 0.15) is 6.04 Å². The molecule has 1 fully saturated rings. The molecule has 2 atom stereocenters. The van der Waals surface area contributed by atoms with Crippen molar-refractivity contribution in [2.75, 3.05) is 18.1 Å². The third kappa shape index (κ3) is 3.97. The third-order valence-corrected chi connectivity index (χ3v) is 6.78. The van der Waals surface area contributed by atoms with Gasteiger partial charge in [0.25, 0.3) is 11.8 Å². The van der Waals surface area contributed by atoms with Gasteiger partial charge in [0, 0.05) is 36.2 Å². The van der Waals surface area contributed by atoms with Gasteiger partial charge in [-0.1, -0.05) is 30.3 Å².